The molecule has 0 N–H and O–H groups in total. The molecule has 0 aromatic rings. The Morgan fingerprint density at radius 1 is 1.28 bits per heavy atom. The van der Waals surface area contributed by atoms with Crippen LogP contribution in [0.5, 0.6) is 0 Å². The number of piperidine rings is 1. The average Bonchev–Trinajstić information content (AvgIpc) is 3.05. The average molecular weight is 370 g/mol. The second-order valence-electron chi connectivity index (χ2n) is 7.86. The summed E-state index contributed by atoms with van der Waals surface area (Å²) in [6.07, 6.45) is 2.46. The van der Waals surface area contributed by atoms with Gasteiger partial charge in [0.1, 0.15) is 17.2 Å². The molecular weight excluding hydrogens is 344 g/mol. The molecule has 0 aliphatic carbocycles. The van der Waals surface area contributed by atoms with E-state index in [9.17, 15) is 14.4 Å². The Morgan fingerprint density at radius 3 is 2.64 bits per heavy atom. The van der Waals surface area contributed by atoms with Gasteiger partial charge < -0.3 is 14.4 Å². The highest BCUT2D eigenvalue weighted by Gasteiger charge is 2.62. The van der Waals surface area contributed by atoms with E-state index in [0.717, 1.165) is 12.8 Å². The van der Waals surface area contributed by atoms with Gasteiger partial charge in [-0.3, -0.25) is 9.69 Å². The monoisotopic (exact) mass is 370 g/mol. The van der Waals surface area contributed by atoms with Crippen molar-refractivity contribution < 1.29 is 23.9 Å². The summed E-state index contributed by atoms with van der Waals surface area (Å²) in [6, 6.07) is -0.561. The molecule has 140 valence electrons. The Kier molecular flexibility index (Phi) is 4.68. The summed E-state index contributed by atoms with van der Waals surface area (Å²) in [5.41, 5.74) is -1.50. The number of carbonyl (C=O) groups is 3. The molecule has 3 fully saturated rings. The van der Waals surface area contributed by atoms with Crippen molar-refractivity contribution >= 4 is 29.7 Å². The Morgan fingerprint density at radius 2 is 2.00 bits per heavy atom. The zero-order valence-electron chi connectivity index (χ0n) is 15.2. The van der Waals surface area contributed by atoms with Crippen LogP contribution < -0.4 is 0 Å². The van der Waals surface area contributed by atoms with E-state index in [1.54, 1.807) is 21.6 Å². The first-order valence-electron chi connectivity index (χ1n) is 8.72. The maximum atomic E-state index is 13.3. The van der Waals surface area contributed by atoms with Gasteiger partial charge in [0.25, 0.3) is 0 Å². The molecule has 3 rings (SSSR count). The van der Waals surface area contributed by atoms with Crippen molar-refractivity contribution in [1.82, 2.24) is 9.80 Å². The quantitative estimate of drug-likeness (QED) is 0.657. The van der Waals surface area contributed by atoms with Crippen molar-refractivity contribution in [3.63, 3.8) is 0 Å². The molecule has 0 unspecified atom stereocenters. The van der Waals surface area contributed by atoms with Crippen LogP contribution in [-0.2, 0) is 19.1 Å². The Balaban J connectivity index is 1.88. The summed E-state index contributed by atoms with van der Waals surface area (Å²) >= 11 is 1.59. The van der Waals surface area contributed by atoms with Crippen molar-refractivity contribution in [3.05, 3.63) is 0 Å². The normalized spacial score (nSPS) is 32.1. The largest absolute Gasteiger partial charge is 0.467 e. The van der Waals surface area contributed by atoms with E-state index in [0.29, 0.717) is 25.1 Å². The molecule has 25 heavy (non-hydrogen) atoms. The zero-order valence-corrected chi connectivity index (χ0v) is 16.1. The van der Waals surface area contributed by atoms with Crippen molar-refractivity contribution in [1.29, 1.82) is 0 Å². The lowest BCUT2D eigenvalue weighted by molar-refractivity contribution is -0.153. The van der Waals surface area contributed by atoms with Crippen molar-refractivity contribution in [3.8, 4) is 0 Å². The third-order valence-corrected chi connectivity index (χ3v) is 6.35. The van der Waals surface area contributed by atoms with Gasteiger partial charge in [0.2, 0.25) is 5.91 Å². The van der Waals surface area contributed by atoms with Gasteiger partial charge in [-0.05, 0) is 40.0 Å². The molecule has 0 bridgehead atoms. The number of hydrogen-bond acceptors (Lipinski definition) is 6. The summed E-state index contributed by atoms with van der Waals surface area (Å²) in [7, 11) is 1.34. The lowest BCUT2D eigenvalue weighted by Crippen LogP contribution is -2.60. The summed E-state index contributed by atoms with van der Waals surface area (Å²) in [5.74, 6) is 0.0227. The first-order valence-corrected chi connectivity index (χ1v) is 9.77. The van der Waals surface area contributed by atoms with Crippen LogP contribution in [-0.4, -0.2) is 69.7 Å². The van der Waals surface area contributed by atoms with Gasteiger partial charge in [-0.25, -0.2) is 9.59 Å². The van der Waals surface area contributed by atoms with E-state index in [2.05, 4.69) is 0 Å². The van der Waals surface area contributed by atoms with Crippen LogP contribution in [0.25, 0.3) is 0 Å². The first kappa shape index (κ1) is 18.4. The zero-order chi connectivity index (χ0) is 18.4. The van der Waals surface area contributed by atoms with Gasteiger partial charge in [0, 0.05) is 18.7 Å². The van der Waals surface area contributed by atoms with E-state index >= 15 is 0 Å². The number of likely N-dealkylation sites (tertiary alicyclic amines) is 1. The van der Waals surface area contributed by atoms with Crippen LogP contribution in [0.1, 0.15) is 46.5 Å². The summed E-state index contributed by atoms with van der Waals surface area (Å²) in [6.45, 7) is 5.97. The third kappa shape index (κ3) is 3.09. The van der Waals surface area contributed by atoms with Crippen molar-refractivity contribution in [2.75, 3.05) is 19.4 Å². The minimum atomic E-state index is -0.884. The van der Waals surface area contributed by atoms with Crippen LogP contribution in [0.4, 0.5) is 4.79 Å². The molecule has 0 radical (unpaired) electrons. The number of amides is 2. The first-order chi connectivity index (χ1) is 11.7. The Hall–Kier alpha value is -1.44. The molecule has 3 heterocycles. The topological polar surface area (TPSA) is 76.1 Å². The minimum absolute atomic E-state index is 0.0837. The molecule has 0 saturated carbocycles. The molecule has 0 aromatic carbocycles. The molecule has 3 aliphatic heterocycles. The fraction of sp³-hybridized carbons (Fsp3) is 0.824. The van der Waals surface area contributed by atoms with E-state index in [4.69, 9.17) is 9.47 Å². The predicted octanol–water partition coefficient (Wildman–Crippen LogP) is 1.99. The number of rotatable bonds is 1. The van der Waals surface area contributed by atoms with E-state index < -0.39 is 23.3 Å². The van der Waals surface area contributed by atoms with Crippen LogP contribution >= 0.6 is 11.8 Å². The van der Waals surface area contributed by atoms with Crippen LogP contribution in [0.15, 0.2) is 0 Å². The fourth-order valence-electron chi connectivity index (χ4n) is 3.98. The van der Waals surface area contributed by atoms with Crippen molar-refractivity contribution in [2.45, 2.75) is 69.0 Å². The van der Waals surface area contributed by atoms with E-state index in [1.165, 1.54) is 7.11 Å². The molecule has 7 nitrogen and oxygen atoms in total. The second kappa shape index (κ2) is 6.37. The van der Waals surface area contributed by atoms with Gasteiger partial charge in [0.15, 0.2) is 0 Å². The fourth-order valence-corrected chi connectivity index (χ4v) is 5.48. The van der Waals surface area contributed by atoms with E-state index in [-0.39, 0.29) is 17.3 Å². The Bertz CT molecular complexity index is 590. The van der Waals surface area contributed by atoms with Gasteiger partial charge in [-0.1, -0.05) is 0 Å². The van der Waals surface area contributed by atoms with Gasteiger partial charge in [-0.15, -0.1) is 11.8 Å². The molecular formula is C17H26N2O5S. The summed E-state index contributed by atoms with van der Waals surface area (Å²) < 4.78 is 10.4. The maximum absolute atomic E-state index is 13.3. The molecule has 3 saturated heterocycles. The molecule has 8 heteroatoms. The lowest BCUT2D eigenvalue weighted by Gasteiger charge is -2.43. The maximum Gasteiger partial charge on any atom is 0.411 e. The Labute approximate surface area is 152 Å². The molecule has 1 spiro atoms. The van der Waals surface area contributed by atoms with Gasteiger partial charge >= 0.3 is 12.1 Å². The molecule has 0 aromatic heterocycles. The smallest absolute Gasteiger partial charge is 0.411 e. The van der Waals surface area contributed by atoms with Crippen LogP contribution in [0.2, 0.25) is 0 Å². The molecule has 2 amide bonds. The highest BCUT2D eigenvalue weighted by molar-refractivity contribution is 8.00. The number of esters is 1. The second-order valence-corrected chi connectivity index (χ2v) is 9.07. The molecule has 3 aliphatic rings. The number of nitrogens with zero attached hydrogens (tertiary/aromatic N) is 2. The summed E-state index contributed by atoms with van der Waals surface area (Å²) in [4.78, 5) is 41.4. The number of hydrogen-bond donors (Lipinski definition) is 0. The number of thioether (sulfide) groups is 1. The SMILES string of the molecule is COC(=O)[C@H]1CS[C@@H]2C[C@@]3(CCCCN3C(=O)OC(C)(C)C)C(=O)N12. The number of methoxy groups -OCH3 is 1. The van der Waals surface area contributed by atoms with E-state index in [1.807, 2.05) is 20.8 Å². The lowest BCUT2D eigenvalue weighted by atomic mass is 9.85. The highest BCUT2D eigenvalue weighted by Crippen LogP contribution is 2.48. The minimum Gasteiger partial charge on any atom is -0.467 e. The van der Waals surface area contributed by atoms with Crippen LogP contribution in [0, 0.1) is 0 Å². The molecule has 3 atom stereocenters. The van der Waals surface area contributed by atoms with Crippen molar-refractivity contribution in [2.24, 2.45) is 0 Å². The standard InChI is InChI=1S/C17H26N2O5S/c1-16(2,3)24-15(22)18-8-6-5-7-17(18)9-12-19(14(17)21)11(10-25-12)13(20)23-4/h11-12H,5-10H2,1-4H3/t11-,12-,17+/m1/s1. The van der Waals surface area contributed by atoms with Gasteiger partial charge in [-0.2, -0.15) is 0 Å². The number of fused-ring (bicyclic) bond motifs is 1. The number of carbonyl (C=O) groups excluding carboxylic acids is 3. The third-order valence-electron chi connectivity index (χ3n) is 5.06. The van der Waals surface area contributed by atoms with Crippen LogP contribution in [0.3, 0.4) is 0 Å². The predicted molar refractivity (Wildman–Crippen MR) is 93.0 cm³/mol. The van der Waals surface area contributed by atoms with Gasteiger partial charge in [0.05, 0.1) is 12.5 Å². The number of ether oxygens (including phenoxy) is 2. The summed E-state index contributed by atoms with van der Waals surface area (Å²) in [5, 5.41) is -0.0837. The highest BCUT2D eigenvalue weighted by atomic mass is 32.2.